The summed E-state index contributed by atoms with van der Waals surface area (Å²) in [5, 5.41) is 3.82. The molecule has 0 radical (unpaired) electrons. The molecular weight excluding hydrogens is 278 g/mol. The first-order valence-corrected chi connectivity index (χ1v) is 6.53. The number of aromatic nitrogens is 2. The molecule has 20 heavy (non-hydrogen) atoms. The van der Waals surface area contributed by atoms with Gasteiger partial charge in [-0.15, -0.1) is 0 Å². The molecule has 0 aliphatic carbocycles. The summed E-state index contributed by atoms with van der Waals surface area (Å²) in [4.78, 5) is 8.43. The van der Waals surface area contributed by atoms with Gasteiger partial charge in [-0.05, 0) is 31.3 Å². The van der Waals surface area contributed by atoms with Crippen LogP contribution >= 0.6 is 11.6 Å². The number of likely N-dealkylation sites (N-methyl/N-ethyl adjacent to an activating group) is 1. The van der Waals surface area contributed by atoms with Gasteiger partial charge in [-0.25, -0.2) is 4.98 Å². The van der Waals surface area contributed by atoms with Crippen LogP contribution in [0.2, 0.25) is 5.02 Å². The first-order valence-electron chi connectivity index (χ1n) is 6.15. The molecule has 0 fully saturated rings. The summed E-state index contributed by atoms with van der Waals surface area (Å²) in [5.74, 6) is 1.24. The maximum absolute atomic E-state index is 5.83. The third-order valence-electron chi connectivity index (χ3n) is 2.79. The molecule has 1 aromatic heterocycles. The summed E-state index contributed by atoms with van der Waals surface area (Å²) in [6.07, 6.45) is 3.22. The molecule has 0 bridgehead atoms. The first kappa shape index (κ1) is 14.6. The fourth-order valence-corrected chi connectivity index (χ4v) is 1.87. The van der Waals surface area contributed by atoms with E-state index in [2.05, 4.69) is 15.3 Å². The highest BCUT2D eigenvalue weighted by atomic mass is 35.5. The van der Waals surface area contributed by atoms with Gasteiger partial charge in [0, 0.05) is 17.4 Å². The minimum atomic E-state index is -0.116. The highest BCUT2D eigenvalue weighted by Gasteiger charge is 2.17. The van der Waals surface area contributed by atoms with E-state index in [1.807, 2.05) is 19.2 Å². The van der Waals surface area contributed by atoms with Crippen molar-refractivity contribution < 1.29 is 9.47 Å². The van der Waals surface area contributed by atoms with E-state index in [-0.39, 0.29) is 6.04 Å². The van der Waals surface area contributed by atoms with Crippen LogP contribution in [0.3, 0.4) is 0 Å². The number of hydrogen-bond acceptors (Lipinski definition) is 5. The van der Waals surface area contributed by atoms with Crippen molar-refractivity contribution in [1.82, 2.24) is 15.3 Å². The topological polar surface area (TPSA) is 56.3 Å². The molecule has 2 aromatic rings. The first-order chi connectivity index (χ1) is 9.74. The molecule has 0 spiro atoms. The van der Waals surface area contributed by atoms with E-state index in [9.17, 15) is 0 Å². The number of hydrogen-bond donors (Lipinski definition) is 1. The van der Waals surface area contributed by atoms with Crippen LogP contribution in [0, 0.1) is 0 Å². The van der Waals surface area contributed by atoms with Gasteiger partial charge >= 0.3 is 0 Å². The van der Waals surface area contributed by atoms with Gasteiger partial charge in [-0.2, -0.15) is 0 Å². The lowest BCUT2D eigenvalue weighted by molar-refractivity contribution is 0.264. The molecule has 106 valence electrons. The van der Waals surface area contributed by atoms with Crippen LogP contribution in [0.4, 0.5) is 0 Å². The van der Waals surface area contributed by atoms with Crippen molar-refractivity contribution in [2.45, 2.75) is 6.04 Å². The standard InChI is InChI=1S/C14H16ClN3O2/c1-16-12(13-14(19-2)18-8-7-17-13)9-20-11-5-3-10(15)4-6-11/h3-8,12,16H,9H2,1-2H3. The summed E-state index contributed by atoms with van der Waals surface area (Å²) >= 11 is 5.83. The molecule has 1 N–H and O–H groups in total. The van der Waals surface area contributed by atoms with Crippen LogP contribution in [0.5, 0.6) is 11.6 Å². The fraction of sp³-hybridized carbons (Fsp3) is 0.286. The summed E-state index contributed by atoms with van der Waals surface area (Å²) < 4.78 is 10.9. The lowest BCUT2D eigenvalue weighted by Gasteiger charge is -2.18. The number of ether oxygens (including phenoxy) is 2. The van der Waals surface area contributed by atoms with Gasteiger partial charge in [0.15, 0.2) is 0 Å². The summed E-state index contributed by atoms with van der Waals surface area (Å²) in [6, 6.07) is 7.10. The summed E-state index contributed by atoms with van der Waals surface area (Å²) in [7, 11) is 3.41. The van der Waals surface area contributed by atoms with Crippen LogP contribution in [0.1, 0.15) is 11.7 Å². The molecule has 0 aliphatic rings. The molecule has 0 saturated carbocycles. The molecule has 1 aromatic carbocycles. The summed E-state index contributed by atoms with van der Waals surface area (Å²) in [6.45, 7) is 0.410. The van der Waals surface area contributed by atoms with Gasteiger partial charge in [-0.3, -0.25) is 4.98 Å². The van der Waals surface area contributed by atoms with Crippen molar-refractivity contribution in [1.29, 1.82) is 0 Å². The largest absolute Gasteiger partial charge is 0.492 e. The maximum atomic E-state index is 5.83. The Bertz CT molecular complexity index is 548. The zero-order chi connectivity index (χ0) is 14.4. The van der Waals surface area contributed by atoms with E-state index in [0.717, 1.165) is 5.75 Å². The van der Waals surface area contributed by atoms with Crippen LogP contribution < -0.4 is 14.8 Å². The molecular formula is C14H16ClN3O2. The average Bonchev–Trinajstić information content (AvgIpc) is 2.50. The minimum Gasteiger partial charge on any atom is -0.492 e. The Kier molecular flexibility index (Phi) is 5.15. The SMILES string of the molecule is CNC(COc1ccc(Cl)cc1)c1nccnc1OC. The van der Waals surface area contributed by atoms with Crippen molar-refractivity contribution >= 4 is 11.6 Å². The second-order valence-corrected chi connectivity index (χ2v) is 4.49. The Balaban J connectivity index is 2.07. The third kappa shape index (κ3) is 3.59. The van der Waals surface area contributed by atoms with E-state index in [1.54, 1.807) is 31.6 Å². The van der Waals surface area contributed by atoms with E-state index in [1.165, 1.54) is 0 Å². The smallest absolute Gasteiger partial charge is 0.237 e. The van der Waals surface area contributed by atoms with E-state index in [0.29, 0.717) is 23.2 Å². The number of halogens is 1. The van der Waals surface area contributed by atoms with Crippen molar-refractivity contribution in [2.75, 3.05) is 20.8 Å². The second kappa shape index (κ2) is 7.07. The molecule has 1 heterocycles. The molecule has 1 atom stereocenters. The number of benzene rings is 1. The molecule has 5 nitrogen and oxygen atoms in total. The highest BCUT2D eigenvalue weighted by Crippen LogP contribution is 2.21. The quantitative estimate of drug-likeness (QED) is 0.887. The maximum Gasteiger partial charge on any atom is 0.237 e. The summed E-state index contributed by atoms with van der Waals surface area (Å²) in [5.41, 5.74) is 0.714. The monoisotopic (exact) mass is 293 g/mol. The zero-order valence-electron chi connectivity index (χ0n) is 11.3. The molecule has 6 heteroatoms. The van der Waals surface area contributed by atoms with Crippen molar-refractivity contribution in [3.63, 3.8) is 0 Å². The average molecular weight is 294 g/mol. The van der Waals surface area contributed by atoms with Gasteiger partial charge in [0.2, 0.25) is 5.88 Å². The van der Waals surface area contributed by atoms with Gasteiger partial charge in [0.25, 0.3) is 0 Å². The fourth-order valence-electron chi connectivity index (χ4n) is 1.74. The van der Waals surface area contributed by atoms with Gasteiger partial charge in [-0.1, -0.05) is 11.6 Å². The minimum absolute atomic E-state index is 0.116. The number of methoxy groups -OCH3 is 1. The normalized spacial score (nSPS) is 11.9. The lowest BCUT2D eigenvalue weighted by Crippen LogP contribution is -2.25. The van der Waals surface area contributed by atoms with Crippen LogP contribution in [-0.4, -0.2) is 30.7 Å². The van der Waals surface area contributed by atoms with Crippen molar-refractivity contribution in [2.24, 2.45) is 0 Å². The lowest BCUT2D eigenvalue weighted by atomic mass is 10.2. The zero-order valence-corrected chi connectivity index (χ0v) is 12.1. The predicted molar refractivity (Wildman–Crippen MR) is 77.3 cm³/mol. The van der Waals surface area contributed by atoms with Gasteiger partial charge in [0.1, 0.15) is 18.1 Å². The molecule has 2 rings (SSSR count). The predicted octanol–water partition coefficient (Wildman–Crippen LogP) is 2.48. The Morgan fingerprint density at radius 2 is 1.90 bits per heavy atom. The Morgan fingerprint density at radius 1 is 1.20 bits per heavy atom. The van der Waals surface area contributed by atoms with Gasteiger partial charge in [0.05, 0.1) is 13.2 Å². The highest BCUT2D eigenvalue weighted by molar-refractivity contribution is 6.30. The van der Waals surface area contributed by atoms with E-state index < -0.39 is 0 Å². The molecule has 0 amide bonds. The van der Waals surface area contributed by atoms with Crippen LogP contribution in [0.25, 0.3) is 0 Å². The van der Waals surface area contributed by atoms with Crippen molar-refractivity contribution in [3.05, 3.63) is 47.4 Å². The number of rotatable bonds is 6. The molecule has 0 aliphatic heterocycles. The van der Waals surface area contributed by atoms with Crippen molar-refractivity contribution in [3.8, 4) is 11.6 Å². The number of nitrogens with zero attached hydrogens (tertiary/aromatic N) is 2. The Hall–Kier alpha value is -1.85. The third-order valence-corrected chi connectivity index (χ3v) is 3.05. The Labute approximate surface area is 122 Å². The second-order valence-electron chi connectivity index (χ2n) is 4.06. The molecule has 0 saturated heterocycles. The van der Waals surface area contributed by atoms with E-state index in [4.69, 9.17) is 21.1 Å². The van der Waals surface area contributed by atoms with Crippen LogP contribution in [-0.2, 0) is 0 Å². The number of nitrogens with one attached hydrogen (secondary N) is 1. The van der Waals surface area contributed by atoms with E-state index >= 15 is 0 Å². The van der Waals surface area contributed by atoms with Crippen LogP contribution in [0.15, 0.2) is 36.7 Å². The van der Waals surface area contributed by atoms with Gasteiger partial charge < -0.3 is 14.8 Å². The Morgan fingerprint density at radius 3 is 2.55 bits per heavy atom. The molecule has 1 unspecified atom stereocenters.